The molecule has 0 bridgehead atoms. The second-order valence-corrected chi connectivity index (χ2v) is 10.7. The Balaban J connectivity index is 1.38. The summed E-state index contributed by atoms with van der Waals surface area (Å²) in [7, 11) is -3.71. The summed E-state index contributed by atoms with van der Waals surface area (Å²) in [5.41, 5.74) is 2.45. The van der Waals surface area contributed by atoms with Crippen LogP contribution in [0.5, 0.6) is 5.75 Å². The molecule has 3 heterocycles. The maximum atomic E-state index is 11.8. The standard InChI is InChI=1S/C24H27N5O7S/c1-37(32,33)36-13-16-9-22-20(23(10-16)29(30)31)12-28-15-26-21-5-4-18(11-19(21)24(28)27-22)35-7-2-3-17-14-34-8-6-25-17/h4-5,9-11,15,17,25H,2-3,6-8,12-14H2,1H3. The van der Waals surface area contributed by atoms with Crippen LogP contribution < -0.4 is 10.1 Å². The summed E-state index contributed by atoms with van der Waals surface area (Å²) in [5.74, 6) is 1.26. The van der Waals surface area contributed by atoms with Crippen LogP contribution >= 0.6 is 0 Å². The van der Waals surface area contributed by atoms with E-state index < -0.39 is 15.0 Å². The van der Waals surface area contributed by atoms with Crippen LogP contribution in [0.25, 0.3) is 0 Å². The number of benzene rings is 2. The zero-order chi connectivity index (χ0) is 26.0. The van der Waals surface area contributed by atoms with Crippen LogP contribution in [0.2, 0.25) is 0 Å². The van der Waals surface area contributed by atoms with Crippen LogP contribution in [0.1, 0.15) is 29.5 Å². The van der Waals surface area contributed by atoms with Crippen molar-refractivity contribution in [1.29, 1.82) is 0 Å². The van der Waals surface area contributed by atoms with Crippen molar-refractivity contribution in [3.05, 3.63) is 57.1 Å². The molecule has 0 aromatic heterocycles. The molecule has 13 heteroatoms. The third kappa shape index (κ3) is 5.96. The third-order valence-corrected chi connectivity index (χ3v) is 6.78. The molecule has 0 aliphatic carbocycles. The van der Waals surface area contributed by atoms with Gasteiger partial charge in [0.25, 0.3) is 15.8 Å². The number of nitrogens with one attached hydrogen (secondary N) is 1. The average Bonchev–Trinajstić information content (AvgIpc) is 2.88. The fraction of sp³-hybridized carbons (Fsp3) is 0.417. The van der Waals surface area contributed by atoms with Crippen molar-refractivity contribution in [2.45, 2.75) is 32.0 Å². The van der Waals surface area contributed by atoms with E-state index in [9.17, 15) is 18.5 Å². The van der Waals surface area contributed by atoms with Gasteiger partial charge in [-0.1, -0.05) is 0 Å². The van der Waals surface area contributed by atoms with E-state index in [2.05, 4.69) is 10.3 Å². The van der Waals surface area contributed by atoms with Crippen LogP contribution in [0.3, 0.4) is 0 Å². The van der Waals surface area contributed by atoms with Crippen molar-refractivity contribution in [3.63, 3.8) is 0 Å². The van der Waals surface area contributed by atoms with E-state index in [1.165, 1.54) is 6.07 Å². The predicted molar refractivity (Wildman–Crippen MR) is 136 cm³/mol. The van der Waals surface area contributed by atoms with Gasteiger partial charge >= 0.3 is 0 Å². The average molecular weight is 530 g/mol. The molecule has 3 aliphatic rings. The van der Waals surface area contributed by atoms with Gasteiger partial charge in [0.1, 0.15) is 11.6 Å². The molecule has 0 amide bonds. The lowest BCUT2D eigenvalue weighted by Gasteiger charge is -2.30. The number of nitro groups is 1. The maximum absolute atomic E-state index is 11.8. The van der Waals surface area contributed by atoms with Gasteiger partial charge in [0.2, 0.25) is 0 Å². The zero-order valence-corrected chi connectivity index (χ0v) is 21.1. The largest absolute Gasteiger partial charge is 0.494 e. The molecular weight excluding hydrogens is 502 g/mol. The molecule has 0 spiro atoms. The van der Waals surface area contributed by atoms with Gasteiger partial charge in [-0.15, -0.1) is 0 Å². The molecule has 2 aromatic rings. The first-order valence-corrected chi connectivity index (χ1v) is 13.7. The monoisotopic (exact) mass is 529 g/mol. The Labute approximate surface area is 214 Å². The van der Waals surface area contributed by atoms with E-state index in [0.717, 1.165) is 37.8 Å². The highest BCUT2D eigenvalue weighted by Crippen LogP contribution is 2.39. The van der Waals surface area contributed by atoms with Gasteiger partial charge in [-0.05, 0) is 42.7 Å². The normalized spacial score (nSPS) is 18.5. The Bertz CT molecular complexity index is 1370. The molecular formula is C24H27N5O7S. The van der Waals surface area contributed by atoms with Gasteiger partial charge in [0.15, 0.2) is 0 Å². The third-order valence-electron chi connectivity index (χ3n) is 6.24. The number of hydrogen-bond donors (Lipinski definition) is 1. The van der Waals surface area contributed by atoms with E-state index in [0.29, 0.717) is 53.3 Å². The number of nitrogens with zero attached hydrogens (tertiary/aromatic N) is 4. The van der Waals surface area contributed by atoms with Gasteiger partial charge in [0, 0.05) is 24.2 Å². The van der Waals surface area contributed by atoms with Crippen LogP contribution in [0.15, 0.2) is 40.3 Å². The second-order valence-electron chi connectivity index (χ2n) is 9.04. The Morgan fingerprint density at radius 2 is 2.14 bits per heavy atom. The van der Waals surface area contributed by atoms with Crippen molar-refractivity contribution >= 4 is 39.4 Å². The minimum absolute atomic E-state index is 0.151. The molecule has 12 nitrogen and oxygen atoms in total. The molecule has 1 fully saturated rings. The maximum Gasteiger partial charge on any atom is 0.276 e. The summed E-state index contributed by atoms with van der Waals surface area (Å²) in [6.07, 6.45) is 4.36. The molecule has 37 heavy (non-hydrogen) atoms. The van der Waals surface area contributed by atoms with Crippen molar-refractivity contribution in [2.24, 2.45) is 9.98 Å². The lowest BCUT2D eigenvalue weighted by Crippen LogP contribution is -2.41. The minimum atomic E-state index is -3.71. The van der Waals surface area contributed by atoms with Crippen molar-refractivity contribution in [2.75, 3.05) is 32.6 Å². The smallest absolute Gasteiger partial charge is 0.276 e. The SMILES string of the molecule is CS(=O)(=O)OCc1cc2c(c([N+](=O)[O-])c1)CN1C=Nc3ccc(OCCCC4COCCN4)cc3C1=N2. The first kappa shape index (κ1) is 25.3. The minimum Gasteiger partial charge on any atom is -0.494 e. The molecule has 0 radical (unpaired) electrons. The molecule has 1 N–H and O–H groups in total. The topological polar surface area (TPSA) is 145 Å². The molecule has 1 atom stereocenters. The quantitative estimate of drug-likeness (QED) is 0.224. The van der Waals surface area contributed by atoms with Gasteiger partial charge in [-0.2, -0.15) is 8.42 Å². The summed E-state index contributed by atoms with van der Waals surface area (Å²) in [4.78, 5) is 22.2. The van der Waals surface area contributed by atoms with Gasteiger partial charge in [-0.3, -0.25) is 14.3 Å². The summed E-state index contributed by atoms with van der Waals surface area (Å²) in [6, 6.07) is 8.86. The van der Waals surface area contributed by atoms with Crippen LogP contribution in [-0.2, 0) is 32.2 Å². The lowest BCUT2D eigenvalue weighted by atomic mass is 10.0. The summed E-state index contributed by atoms with van der Waals surface area (Å²) < 4.78 is 39.2. The Kier molecular flexibility index (Phi) is 7.20. The number of ether oxygens (including phenoxy) is 2. The molecule has 196 valence electrons. The van der Waals surface area contributed by atoms with Crippen LogP contribution in [0.4, 0.5) is 17.1 Å². The van der Waals surface area contributed by atoms with Crippen molar-refractivity contribution in [1.82, 2.24) is 10.2 Å². The number of morpholine rings is 1. The van der Waals surface area contributed by atoms with Gasteiger partial charge in [-0.25, -0.2) is 9.98 Å². The van der Waals surface area contributed by atoms with E-state index in [1.807, 2.05) is 18.2 Å². The van der Waals surface area contributed by atoms with E-state index in [1.54, 1.807) is 17.3 Å². The summed E-state index contributed by atoms with van der Waals surface area (Å²) >= 11 is 0. The molecule has 5 rings (SSSR count). The summed E-state index contributed by atoms with van der Waals surface area (Å²) in [5, 5.41) is 15.2. The molecule has 1 unspecified atom stereocenters. The Hall–Kier alpha value is -3.39. The van der Waals surface area contributed by atoms with E-state index in [-0.39, 0.29) is 18.8 Å². The van der Waals surface area contributed by atoms with E-state index >= 15 is 0 Å². The highest BCUT2D eigenvalue weighted by Gasteiger charge is 2.31. The number of amidine groups is 1. The molecule has 1 saturated heterocycles. The van der Waals surface area contributed by atoms with Crippen LogP contribution in [-0.4, -0.2) is 69.1 Å². The summed E-state index contributed by atoms with van der Waals surface area (Å²) in [6.45, 7) is 2.76. The highest BCUT2D eigenvalue weighted by molar-refractivity contribution is 7.85. The van der Waals surface area contributed by atoms with Crippen molar-refractivity contribution in [3.8, 4) is 5.75 Å². The highest BCUT2D eigenvalue weighted by atomic mass is 32.2. The van der Waals surface area contributed by atoms with Gasteiger partial charge < -0.3 is 19.7 Å². The number of nitro benzene ring substituents is 1. The van der Waals surface area contributed by atoms with E-state index in [4.69, 9.17) is 18.6 Å². The zero-order valence-electron chi connectivity index (χ0n) is 20.3. The number of aliphatic imine (C=N–C) groups is 2. The van der Waals surface area contributed by atoms with Crippen LogP contribution in [0, 0.1) is 10.1 Å². The second kappa shape index (κ2) is 10.5. The first-order chi connectivity index (χ1) is 17.8. The molecule has 0 saturated carbocycles. The molecule has 2 aromatic carbocycles. The fourth-order valence-electron chi connectivity index (χ4n) is 4.47. The van der Waals surface area contributed by atoms with Crippen molar-refractivity contribution < 1.29 is 27.0 Å². The van der Waals surface area contributed by atoms with Gasteiger partial charge in [0.05, 0.1) is 67.4 Å². The lowest BCUT2D eigenvalue weighted by molar-refractivity contribution is -0.385. The number of rotatable bonds is 9. The Morgan fingerprint density at radius 1 is 1.27 bits per heavy atom. The Morgan fingerprint density at radius 3 is 2.89 bits per heavy atom. The number of hydrogen-bond acceptors (Lipinski definition) is 11. The molecule has 3 aliphatic heterocycles. The fourth-order valence-corrected chi connectivity index (χ4v) is 4.82. The number of fused-ring (bicyclic) bond motifs is 4. The predicted octanol–water partition coefficient (Wildman–Crippen LogP) is 2.79. The first-order valence-electron chi connectivity index (χ1n) is 11.9.